The molecule has 1 aliphatic heterocycles. The number of carbonyl (C=O) groups is 1. The van der Waals surface area contributed by atoms with Crippen LogP contribution in [0.4, 0.5) is 0 Å². The van der Waals surface area contributed by atoms with Gasteiger partial charge in [0, 0.05) is 25.4 Å². The van der Waals surface area contributed by atoms with Gasteiger partial charge in [0.25, 0.3) is 5.56 Å². The number of hydrogen-bond acceptors (Lipinski definition) is 7. The van der Waals surface area contributed by atoms with E-state index in [4.69, 9.17) is 14.2 Å². The van der Waals surface area contributed by atoms with Gasteiger partial charge in [-0.15, -0.1) is 0 Å². The van der Waals surface area contributed by atoms with Gasteiger partial charge in [-0.05, 0) is 31.5 Å². The quantitative estimate of drug-likeness (QED) is 0.622. The molecule has 4 rings (SSSR count). The van der Waals surface area contributed by atoms with Crippen molar-refractivity contribution in [2.45, 2.75) is 26.9 Å². The number of nitrogens with zero attached hydrogens (tertiary/aromatic N) is 3. The molecular formula is C21H22N4O6. The Bertz CT molecular complexity index is 1290. The molecule has 0 saturated carbocycles. The monoisotopic (exact) mass is 426 g/mol. The van der Waals surface area contributed by atoms with E-state index in [2.05, 4.69) is 10.3 Å². The van der Waals surface area contributed by atoms with Crippen LogP contribution < -0.4 is 30.8 Å². The Balaban J connectivity index is 1.61. The van der Waals surface area contributed by atoms with Crippen LogP contribution in [0.25, 0.3) is 11.0 Å². The van der Waals surface area contributed by atoms with Crippen LogP contribution >= 0.6 is 0 Å². The normalized spacial score (nSPS) is 12.2. The molecule has 10 nitrogen and oxygen atoms in total. The Kier molecular flexibility index (Phi) is 5.37. The fourth-order valence-electron chi connectivity index (χ4n) is 3.44. The maximum absolute atomic E-state index is 13.1. The molecule has 1 N–H and O–H groups in total. The summed E-state index contributed by atoms with van der Waals surface area (Å²) in [7, 11) is 1.50. The van der Waals surface area contributed by atoms with Crippen LogP contribution in [0.15, 0.2) is 34.0 Å². The fraction of sp³-hybridized carbons (Fsp3) is 0.333. The minimum Gasteiger partial charge on any atom is -0.493 e. The number of carbonyl (C=O) groups excluding carboxylic acids is 1. The second kappa shape index (κ2) is 8.13. The third-order valence-electron chi connectivity index (χ3n) is 5.00. The van der Waals surface area contributed by atoms with Crippen molar-refractivity contribution < 1.29 is 19.0 Å². The molecule has 2 aromatic heterocycles. The number of aromatic nitrogens is 3. The number of amides is 1. The van der Waals surface area contributed by atoms with Crippen LogP contribution in [-0.4, -0.2) is 33.4 Å². The van der Waals surface area contributed by atoms with E-state index in [1.165, 1.54) is 11.6 Å². The molecule has 0 unspecified atom stereocenters. The number of pyridine rings is 1. The van der Waals surface area contributed by atoms with E-state index in [9.17, 15) is 14.4 Å². The van der Waals surface area contributed by atoms with Crippen molar-refractivity contribution >= 4 is 16.9 Å². The molecular weight excluding hydrogens is 404 g/mol. The SMILES string of the molecule is CCOc1c(C)cnc2c1c(=O)n(CC(=O)NCc1ccc3c(c1)OCO3)c(=O)n2C. The minimum atomic E-state index is -0.630. The number of aryl methyl sites for hydroxylation is 2. The molecule has 1 aliphatic rings. The van der Waals surface area contributed by atoms with Gasteiger partial charge in [0.05, 0.1) is 6.61 Å². The van der Waals surface area contributed by atoms with E-state index in [0.717, 1.165) is 10.1 Å². The van der Waals surface area contributed by atoms with Crippen LogP contribution in [0, 0.1) is 6.92 Å². The first-order valence-corrected chi connectivity index (χ1v) is 9.77. The van der Waals surface area contributed by atoms with Crippen molar-refractivity contribution in [1.82, 2.24) is 19.4 Å². The second-order valence-electron chi connectivity index (χ2n) is 7.10. The van der Waals surface area contributed by atoms with E-state index in [0.29, 0.717) is 29.4 Å². The van der Waals surface area contributed by atoms with Gasteiger partial charge in [-0.2, -0.15) is 0 Å². The van der Waals surface area contributed by atoms with E-state index in [1.807, 2.05) is 0 Å². The molecule has 1 aromatic carbocycles. The van der Waals surface area contributed by atoms with Crippen LogP contribution in [0.5, 0.6) is 17.2 Å². The summed E-state index contributed by atoms with van der Waals surface area (Å²) in [4.78, 5) is 42.6. The van der Waals surface area contributed by atoms with Crippen molar-refractivity contribution in [1.29, 1.82) is 0 Å². The van der Waals surface area contributed by atoms with Crippen molar-refractivity contribution in [3.05, 3.63) is 56.4 Å². The van der Waals surface area contributed by atoms with Crippen molar-refractivity contribution in [2.75, 3.05) is 13.4 Å². The number of hydrogen-bond donors (Lipinski definition) is 1. The van der Waals surface area contributed by atoms with Crippen molar-refractivity contribution in [2.24, 2.45) is 7.05 Å². The number of ether oxygens (including phenoxy) is 3. The summed E-state index contributed by atoms with van der Waals surface area (Å²) in [5.41, 5.74) is 0.435. The predicted octanol–water partition coefficient (Wildman–Crippen LogP) is 0.847. The number of fused-ring (bicyclic) bond motifs is 2. The average Bonchev–Trinajstić information content (AvgIpc) is 3.23. The fourth-order valence-corrected chi connectivity index (χ4v) is 3.44. The summed E-state index contributed by atoms with van der Waals surface area (Å²) >= 11 is 0. The lowest BCUT2D eigenvalue weighted by atomic mass is 10.2. The Morgan fingerprint density at radius 2 is 2.03 bits per heavy atom. The van der Waals surface area contributed by atoms with Crippen LogP contribution in [-0.2, 0) is 24.9 Å². The van der Waals surface area contributed by atoms with Crippen LogP contribution in [0.2, 0.25) is 0 Å². The van der Waals surface area contributed by atoms with Gasteiger partial charge in [-0.1, -0.05) is 6.07 Å². The molecule has 0 aliphatic carbocycles. The lowest BCUT2D eigenvalue weighted by Gasteiger charge is -2.14. The molecule has 0 atom stereocenters. The van der Waals surface area contributed by atoms with Gasteiger partial charge in [-0.3, -0.25) is 14.2 Å². The molecule has 0 spiro atoms. The largest absolute Gasteiger partial charge is 0.493 e. The topological polar surface area (TPSA) is 114 Å². The zero-order valence-electron chi connectivity index (χ0n) is 17.4. The van der Waals surface area contributed by atoms with Gasteiger partial charge in [0.2, 0.25) is 12.7 Å². The first-order chi connectivity index (χ1) is 14.9. The minimum absolute atomic E-state index is 0.164. The molecule has 10 heteroatoms. The zero-order chi connectivity index (χ0) is 22.1. The number of rotatable bonds is 6. The maximum Gasteiger partial charge on any atom is 0.332 e. The maximum atomic E-state index is 13.1. The van der Waals surface area contributed by atoms with Gasteiger partial charge in [0.1, 0.15) is 17.7 Å². The standard InChI is InChI=1S/C21H22N4O6/c1-4-29-18-12(2)8-23-19-17(18)20(27)25(21(28)24(19)3)10-16(26)22-9-13-5-6-14-15(7-13)31-11-30-14/h5-8H,4,9-11H2,1-3H3,(H,22,26). The molecule has 3 aromatic rings. The third-order valence-corrected chi connectivity index (χ3v) is 5.00. The second-order valence-corrected chi connectivity index (χ2v) is 7.10. The molecule has 162 valence electrons. The van der Waals surface area contributed by atoms with Gasteiger partial charge >= 0.3 is 5.69 Å². The summed E-state index contributed by atoms with van der Waals surface area (Å²) in [6.45, 7) is 3.87. The molecule has 0 fully saturated rings. The smallest absolute Gasteiger partial charge is 0.332 e. The van der Waals surface area contributed by atoms with Crippen molar-refractivity contribution in [3.63, 3.8) is 0 Å². The number of nitrogens with one attached hydrogen (secondary N) is 1. The lowest BCUT2D eigenvalue weighted by molar-refractivity contribution is -0.121. The summed E-state index contributed by atoms with van der Waals surface area (Å²) < 4.78 is 18.4. The molecule has 31 heavy (non-hydrogen) atoms. The summed E-state index contributed by atoms with van der Waals surface area (Å²) in [5, 5.41) is 2.90. The Labute approximate surface area is 177 Å². The Morgan fingerprint density at radius 1 is 1.26 bits per heavy atom. The highest BCUT2D eigenvalue weighted by molar-refractivity contribution is 5.83. The average molecular weight is 426 g/mol. The van der Waals surface area contributed by atoms with Crippen LogP contribution in [0.1, 0.15) is 18.1 Å². The van der Waals surface area contributed by atoms with Gasteiger partial charge in [0.15, 0.2) is 17.1 Å². The highest BCUT2D eigenvalue weighted by atomic mass is 16.7. The third kappa shape index (κ3) is 3.72. The zero-order valence-corrected chi connectivity index (χ0v) is 17.4. The van der Waals surface area contributed by atoms with Gasteiger partial charge < -0.3 is 19.5 Å². The summed E-state index contributed by atoms with van der Waals surface area (Å²) in [6.07, 6.45) is 1.55. The van der Waals surface area contributed by atoms with E-state index in [1.54, 1.807) is 38.2 Å². The molecule has 3 heterocycles. The van der Waals surface area contributed by atoms with E-state index < -0.39 is 23.7 Å². The van der Waals surface area contributed by atoms with E-state index in [-0.39, 0.29) is 24.4 Å². The molecule has 0 radical (unpaired) electrons. The summed E-state index contributed by atoms with van der Waals surface area (Å²) in [5.74, 6) is 1.14. The molecule has 0 saturated heterocycles. The molecule has 0 bridgehead atoms. The first kappa shape index (κ1) is 20.5. The van der Waals surface area contributed by atoms with E-state index >= 15 is 0 Å². The Morgan fingerprint density at radius 3 is 2.81 bits per heavy atom. The van der Waals surface area contributed by atoms with Gasteiger partial charge in [-0.25, -0.2) is 14.3 Å². The number of benzene rings is 1. The highest BCUT2D eigenvalue weighted by Crippen LogP contribution is 2.32. The summed E-state index contributed by atoms with van der Waals surface area (Å²) in [6, 6.07) is 5.34. The van der Waals surface area contributed by atoms with Crippen LogP contribution in [0.3, 0.4) is 0 Å². The lowest BCUT2D eigenvalue weighted by Crippen LogP contribution is -2.43. The Hall–Kier alpha value is -3.82. The molecule has 1 amide bonds. The first-order valence-electron chi connectivity index (χ1n) is 9.77. The van der Waals surface area contributed by atoms with Crippen molar-refractivity contribution in [3.8, 4) is 17.2 Å². The predicted molar refractivity (Wildman–Crippen MR) is 112 cm³/mol. The highest BCUT2D eigenvalue weighted by Gasteiger charge is 2.20.